The van der Waals surface area contributed by atoms with Crippen LogP contribution in [0, 0.1) is 0 Å². The van der Waals surface area contributed by atoms with Crippen molar-refractivity contribution >= 4 is 0 Å². The fraction of sp³-hybridized carbons (Fsp3) is 0.538. The Kier molecular flexibility index (Phi) is 4.15. The molecule has 0 unspecified atom stereocenters. The van der Waals surface area contributed by atoms with E-state index >= 15 is 0 Å². The smallest absolute Gasteiger partial charge is 0.0948 e. The Hall–Kier alpha value is -1.62. The fourth-order valence-corrected chi connectivity index (χ4v) is 2.13. The number of hydrogen-bond acceptors (Lipinski definition) is 3. The van der Waals surface area contributed by atoms with Crippen LogP contribution in [0.3, 0.4) is 0 Å². The summed E-state index contributed by atoms with van der Waals surface area (Å²) in [6.07, 6.45) is 6.85. The van der Waals surface area contributed by atoms with Gasteiger partial charge in [0.1, 0.15) is 0 Å². The Balaban J connectivity index is 1.92. The van der Waals surface area contributed by atoms with Crippen LogP contribution in [0.15, 0.2) is 18.7 Å². The van der Waals surface area contributed by atoms with Crippen molar-refractivity contribution in [2.45, 2.75) is 39.9 Å². The molecule has 18 heavy (non-hydrogen) atoms. The summed E-state index contributed by atoms with van der Waals surface area (Å²) in [5.74, 6) is 0. The average Bonchev–Trinajstić information content (AvgIpc) is 2.95. The molecule has 0 aliphatic carbocycles. The molecule has 0 saturated carbocycles. The summed E-state index contributed by atoms with van der Waals surface area (Å²) >= 11 is 0. The SMILES string of the molecule is CCc1nn(C)cc1CNCc1cncn1CC. The van der Waals surface area contributed by atoms with Crippen molar-refractivity contribution in [1.82, 2.24) is 24.6 Å². The van der Waals surface area contributed by atoms with Crippen LogP contribution in [-0.2, 0) is 33.1 Å². The van der Waals surface area contributed by atoms with Gasteiger partial charge in [0.05, 0.1) is 17.7 Å². The molecule has 0 aliphatic heterocycles. The molecule has 2 aromatic rings. The molecule has 0 spiro atoms. The number of nitrogens with one attached hydrogen (secondary N) is 1. The van der Waals surface area contributed by atoms with Crippen molar-refractivity contribution in [3.05, 3.63) is 35.7 Å². The summed E-state index contributed by atoms with van der Waals surface area (Å²) < 4.78 is 4.03. The third kappa shape index (κ3) is 2.79. The van der Waals surface area contributed by atoms with E-state index in [2.05, 4.69) is 40.0 Å². The van der Waals surface area contributed by atoms with E-state index in [0.717, 1.165) is 26.1 Å². The zero-order chi connectivity index (χ0) is 13.0. The number of aromatic nitrogens is 4. The molecule has 0 amide bonds. The number of aryl methyl sites for hydroxylation is 3. The minimum Gasteiger partial charge on any atom is -0.334 e. The second kappa shape index (κ2) is 5.82. The molecule has 0 bridgehead atoms. The summed E-state index contributed by atoms with van der Waals surface area (Å²) in [6, 6.07) is 0. The Morgan fingerprint density at radius 1 is 1.28 bits per heavy atom. The van der Waals surface area contributed by atoms with Crippen molar-refractivity contribution in [1.29, 1.82) is 0 Å². The normalized spacial score (nSPS) is 11.1. The van der Waals surface area contributed by atoms with Crippen LogP contribution in [0.2, 0.25) is 0 Å². The lowest BCUT2D eigenvalue weighted by molar-refractivity contribution is 0.626. The molecule has 2 rings (SSSR count). The first-order valence-corrected chi connectivity index (χ1v) is 6.45. The van der Waals surface area contributed by atoms with Crippen molar-refractivity contribution in [2.75, 3.05) is 0 Å². The number of rotatable bonds is 6. The molecule has 5 nitrogen and oxygen atoms in total. The minimum absolute atomic E-state index is 0.839. The Morgan fingerprint density at radius 3 is 2.83 bits per heavy atom. The predicted octanol–water partition coefficient (Wildman–Crippen LogP) is 1.49. The van der Waals surface area contributed by atoms with Gasteiger partial charge in [0.2, 0.25) is 0 Å². The first kappa shape index (κ1) is 12.8. The van der Waals surface area contributed by atoms with Gasteiger partial charge in [0.15, 0.2) is 0 Å². The summed E-state index contributed by atoms with van der Waals surface area (Å²) in [4.78, 5) is 4.16. The largest absolute Gasteiger partial charge is 0.334 e. The topological polar surface area (TPSA) is 47.7 Å². The van der Waals surface area contributed by atoms with Crippen LogP contribution in [-0.4, -0.2) is 19.3 Å². The van der Waals surface area contributed by atoms with Crippen molar-refractivity contribution in [3.63, 3.8) is 0 Å². The van der Waals surface area contributed by atoms with Crippen LogP contribution >= 0.6 is 0 Å². The van der Waals surface area contributed by atoms with Gasteiger partial charge in [0, 0.05) is 44.6 Å². The summed E-state index contributed by atoms with van der Waals surface area (Å²) in [7, 11) is 1.97. The Labute approximate surface area is 108 Å². The molecule has 5 heteroatoms. The number of nitrogens with zero attached hydrogens (tertiary/aromatic N) is 4. The van der Waals surface area contributed by atoms with E-state index in [-0.39, 0.29) is 0 Å². The zero-order valence-corrected chi connectivity index (χ0v) is 11.3. The van der Waals surface area contributed by atoms with E-state index in [1.807, 2.05) is 24.3 Å². The van der Waals surface area contributed by atoms with Crippen molar-refractivity contribution in [3.8, 4) is 0 Å². The lowest BCUT2D eigenvalue weighted by Gasteiger charge is -2.06. The highest BCUT2D eigenvalue weighted by Crippen LogP contribution is 2.07. The Morgan fingerprint density at radius 2 is 2.11 bits per heavy atom. The van der Waals surface area contributed by atoms with Crippen molar-refractivity contribution in [2.24, 2.45) is 7.05 Å². The average molecular weight is 247 g/mol. The molecule has 0 aromatic carbocycles. The molecular weight excluding hydrogens is 226 g/mol. The lowest BCUT2D eigenvalue weighted by Crippen LogP contribution is -2.16. The van der Waals surface area contributed by atoms with E-state index in [1.165, 1.54) is 17.0 Å². The summed E-state index contributed by atoms with van der Waals surface area (Å²) in [5, 5.41) is 7.89. The maximum atomic E-state index is 4.44. The van der Waals surface area contributed by atoms with Crippen LogP contribution in [0.1, 0.15) is 30.8 Å². The van der Waals surface area contributed by atoms with E-state index in [0.29, 0.717) is 0 Å². The highest BCUT2D eigenvalue weighted by Gasteiger charge is 2.06. The second-order valence-electron chi connectivity index (χ2n) is 4.40. The molecule has 1 N–H and O–H groups in total. The first-order valence-electron chi connectivity index (χ1n) is 6.45. The fourth-order valence-electron chi connectivity index (χ4n) is 2.13. The van der Waals surface area contributed by atoms with Crippen LogP contribution in [0.25, 0.3) is 0 Å². The highest BCUT2D eigenvalue weighted by molar-refractivity contribution is 5.16. The van der Waals surface area contributed by atoms with Gasteiger partial charge in [-0.15, -0.1) is 0 Å². The highest BCUT2D eigenvalue weighted by atomic mass is 15.3. The van der Waals surface area contributed by atoms with Gasteiger partial charge in [-0.05, 0) is 13.3 Å². The molecule has 0 radical (unpaired) electrons. The van der Waals surface area contributed by atoms with Crippen molar-refractivity contribution < 1.29 is 0 Å². The quantitative estimate of drug-likeness (QED) is 0.841. The van der Waals surface area contributed by atoms with E-state index < -0.39 is 0 Å². The first-order chi connectivity index (χ1) is 8.74. The molecule has 0 saturated heterocycles. The lowest BCUT2D eigenvalue weighted by atomic mass is 10.2. The van der Waals surface area contributed by atoms with Gasteiger partial charge >= 0.3 is 0 Å². The maximum Gasteiger partial charge on any atom is 0.0948 e. The molecule has 2 heterocycles. The summed E-state index contributed by atoms with van der Waals surface area (Å²) in [6.45, 7) is 6.92. The van der Waals surface area contributed by atoms with E-state index in [4.69, 9.17) is 0 Å². The molecule has 0 aliphatic rings. The molecule has 0 atom stereocenters. The third-order valence-corrected chi connectivity index (χ3v) is 3.09. The molecular formula is C13H21N5. The van der Waals surface area contributed by atoms with Gasteiger partial charge in [-0.25, -0.2) is 4.98 Å². The van der Waals surface area contributed by atoms with Crippen LogP contribution in [0.4, 0.5) is 0 Å². The predicted molar refractivity (Wildman–Crippen MR) is 71.0 cm³/mol. The molecule has 0 fully saturated rings. The maximum absolute atomic E-state index is 4.44. The van der Waals surface area contributed by atoms with Gasteiger partial charge in [-0.1, -0.05) is 6.92 Å². The third-order valence-electron chi connectivity index (χ3n) is 3.09. The zero-order valence-electron chi connectivity index (χ0n) is 11.3. The van der Waals surface area contributed by atoms with Gasteiger partial charge < -0.3 is 9.88 Å². The number of hydrogen-bond donors (Lipinski definition) is 1. The molecule has 98 valence electrons. The van der Waals surface area contributed by atoms with Gasteiger partial charge in [0.25, 0.3) is 0 Å². The van der Waals surface area contributed by atoms with Crippen LogP contribution < -0.4 is 5.32 Å². The molecule has 2 aromatic heterocycles. The van der Waals surface area contributed by atoms with E-state index in [9.17, 15) is 0 Å². The Bertz CT molecular complexity index is 497. The summed E-state index contributed by atoms with van der Waals surface area (Å²) in [5.41, 5.74) is 3.68. The van der Waals surface area contributed by atoms with E-state index in [1.54, 1.807) is 0 Å². The second-order valence-corrected chi connectivity index (χ2v) is 4.40. The monoisotopic (exact) mass is 247 g/mol. The standard InChI is InChI=1S/C13H21N5/c1-4-13-11(9-17(3)16-13)6-14-7-12-8-15-10-18(12)5-2/h8-10,14H,4-7H2,1-3H3. The van der Waals surface area contributed by atoms with Gasteiger partial charge in [-0.2, -0.15) is 5.10 Å². The van der Waals surface area contributed by atoms with Gasteiger partial charge in [-0.3, -0.25) is 4.68 Å². The number of imidazole rings is 1. The minimum atomic E-state index is 0.839. The van der Waals surface area contributed by atoms with Crippen LogP contribution in [0.5, 0.6) is 0 Å².